The number of nitrogens with one attached hydrogen (secondary N) is 4. The summed E-state index contributed by atoms with van der Waals surface area (Å²) in [6.45, 7) is 54.5. The number of carboxylic acids is 1. The molecule has 2 heterocycles. The van der Waals surface area contributed by atoms with E-state index >= 15 is 9.59 Å². The highest BCUT2D eigenvalue weighted by Gasteiger charge is 2.52. The smallest absolute Gasteiger partial charge is 0.342 e. The van der Waals surface area contributed by atoms with Crippen LogP contribution < -0.4 is 16.0 Å². The lowest BCUT2D eigenvalue weighted by atomic mass is 9.59. The number of aromatic amines is 1. The normalized spacial score (nSPS) is 23.6. The van der Waals surface area contributed by atoms with E-state index in [4.69, 9.17) is 14.5 Å². The number of H-pyrrole nitrogens is 1. The van der Waals surface area contributed by atoms with Gasteiger partial charge in [0.05, 0.1) is 5.70 Å². The molecule has 0 bridgehead atoms. The number of ether oxygens (including phenoxy) is 2. The Morgan fingerprint density at radius 2 is 1.03 bits per heavy atom. The molecule has 2 fully saturated rings. The van der Waals surface area contributed by atoms with Crippen molar-refractivity contribution in [3.63, 3.8) is 0 Å². The van der Waals surface area contributed by atoms with Crippen molar-refractivity contribution in [2.24, 2.45) is 84.3 Å². The van der Waals surface area contributed by atoms with Gasteiger partial charge in [-0.15, -0.1) is 0 Å². The molecule has 3 amide bonds. The Hall–Kier alpha value is -4.40. The predicted octanol–water partition coefficient (Wildman–Crippen LogP) is 17.0. The number of rotatable bonds is 24. The van der Waals surface area contributed by atoms with Crippen LogP contribution >= 0.6 is 11.8 Å². The van der Waals surface area contributed by atoms with E-state index in [9.17, 15) is 24.3 Å². The van der Waals surface area contributed by atoms with Crippen LogP contribution in [0.3, 0.4) is 0 Å². The SMILES string of the molecule is CCC(C)(C)C(=O)NC(CSCC1CC(C(C)(C)C)C(OC(=O)C2=C(C(C)C)C(=Cc3[nH]c(NC(=O)C(CC)(CC)CC)c(C(=O)OC4C(C(C)(C)C)CC(C)CC4C(C)(C)C)c3C(C)C)N=C2NC(=O)C(CC)(CC)CC)C(C(C)(C)C)C1)C(=O)O. The van der Waals surface area contributed by atoms with Crippen LogP contribution in [0.5, 0.6) is 0 Å². The number of anilines is 1. The van der Waals surface area contributed by atoms with E-state index in [1.54, 1.807) is 0 Å². The topological polar surface area (TPSA) is 205 Å². The number of hydrogen-bond donors (Lipinski definition) is 5. The van der Waals surface area contributed by atoms with Crippen molar-refractivity contribution >= 4 is 65.1 Å². The van der Waals surface area contributed by atoms with Crippen LogP contribution in [-0.4, -0.2) is 81.3 Å². The lowest BCUT2D eigenvalue weighted by Crippen LogP contribution is -2.51. The molecule has 2 saturated carbocycles. The summed E-state index contributed by atoms with van der Waals surface area (Å²) < 4.78 is 14.1. The van der Waals surface area contributed by atoms with Gasteiger partial charge in [0.25, 0.3) is 0 Å². The second kappa shape index (κ2) is 29.3. The monoisotopic (exact) mass is 1230 g/mol. The van der Waals surface area contributed by atoms with E-state index in [0.717, 1.165) is 25.7 Å². The lowest BCUT2D eigenvalue weighted by molar-refractivity contribution is -0.164. The molecule has 15 heteroatoms. The molecule has 2 aliphatic carbocycles. The van der Waals surface area contributed by atoms with Gasteiger partial charge in [-0.05, 0) is 139 Å². The number of esters is 2. The number of carboxylic acid groups (broad SMARTS) is 1. The third-order valence-corrected chi connectivity index (χ3v) is 22.4. The summed E-state index contributed by atoms with van der Waals surface area (Å²) in [6, 6.07) is -1.04. The van der Waals surface area contributed by atoms with Gasteiger partial charge in [0.2, 0.25) is 17.7 Å². The van der Waals surface area contributed by atoms with Crippen molar-refractivity contribution in [1.29, 1.82) is 0 Å². The minimum atomic E-state index is -1.07. The number of aliphatic imine (C=N–C) groups is 1. The van der Waals surface area contributed by atoms with Crippen LogP contribution in [-0.2, 0) is 33.4 Å². The molecule has 5 unspecified atom stereocenters. The Bertz CT molecular complexity index is 2630. The Balaban J connectivity index is 2.00. The molecule has 0 spiro atoms. The predicted molar refractivity (Wildman–Crippen MR) is 358 cm³/mol. The van der Waals surface area contributed by atoms with Gasteiger partial charge in [-0.25, -0.2) is 19.4 Å². The summed E-state index contributed by atoms with van der Waals surface area (Å²) in [7, 11) is 0. The minimum Gasteiger partial charge on any atom is -0.480 e. The average molecular weight is 1230 g/mol. The van der Waals surface area contributed by atoms with Crippen molar-refractivity contribution in [2.75, 3.05) is 16.8 Å². The molecule has 14 nitrogen and oxygen atoms in total. The van der Waals surface area contributed by atoms with Gasteiger partial charge in [-0.3, -0.25) is 14.4 Å². The summed E-state index contributed by atoms with van der Waals surface area (Å²) in [5.41, 5.74) is -0.507. The largest absolute Gasteiger partial charge is 0.480 e. The highest BCUT2D eigenvalue weighted by Crippen LogP contribution is 2.53. The standard InChI is InChI=1S/C72H121N5O9S/c1-27-70(25,26)63(82)75-51(60(78)79)40-87-39-44-36-47(68(19,20)21)57(48(37-44)69(22,23)24)86-62(81)55-53(42(10)11)50(74-59(55)77-65(84)72(31-5,32-6)33-7)38-49-52(41(8)9)54(58(73-49)76-64(83)71(28-2,29-3)30-4)61(80)85-56-45(66(13,14)15)34-43(12)35-46(56)67(16,17)18/h38,41-48,51,56-57,73H,27-37,39-40H2,1-26H3,(H,75,82)(H,76,83)(H,78,79)(H,74,77,84). The number of carbonyl (C=O) groups is 6. The Morgan fingerprint density at radius 3 is 1.43 bits per heavy atom. The molecule has 1 aromatic rings. The fraction of sp³-hybridized carbons (Fsp3) is 0.792. The van der Waals surface area contributed by atoms with Crippen molar-refractivity contribution in [3.05, 3.63) is 33.7 Å². The second-order valence-corrected chi connectivity index (χ2v) is 33.1. The second-order valence-electron chi connectivity index (χ2n) is 32.1. The van der Waals surface area contributed by atoms with E-state index in [1.807, 2.05) is 96.1 Å². The molecular weight excluding hydrogens is 1110 g/mol. The van der Waals surface area contributed by atoms with Gasteiger partial charge in [0.15, 0.2) is 0 Å². The number of amides is 3. The molecule has 0 radical (unpaired) electrons. The summed E-state index contributed by atoms with van der Waals surface area (Å²) in [4.78, 5) is 95.5. The quantitative estimate of drug-likeness (QED) is 0.0619. The third kappa shape index (κ3) is 17.4. The Labute approximate surface area is 531 Å². The van der Waals surface area contributed by atoms with Crippen molar-refractivity contribution in [1.82, 2.24) is 15.6 Å². The molecule has 3 aliphatic rings. The molecule has 0 aromatic carbocycles. The Kier molecular flexibility index (Phi) is 25.2. The summed E-state index contributed by atoms with van der Waals surface area (Å²) in [5.74, 6) is -1.68. The van der Waals surface area contributed by atoms with Crippen LogP contribution in [0, 0.1) is 79.3 Å². The van der Waals surface area contributed by atoms with Crippen molar-refractivity contribution in [2.45, 2.75) is 275 Å². The molecule has 1 aromatic heterocycles. The van der Waals surface area contributed by atoms with Crippen LogP contribution in [0.2, 0.25) is 0 Å². The fourth-order valence-electron chi connectivity index (χ4n) is 14.3. The number of aromatic nitrogens is 1. The maximum Gasteiger partial charge on any atom is 0.342 e. The molecule has 5 atom stereocenters. The first-order valence-corrected chi connectivity index (χ1v) is 34.6. The first-order valence-electron chi connectivity index (χ1n) is 33.5. The minimum absolute atomic E-state index is 0.0727. The zero-order chi connectivity index (χ0) is 66.5. The number of nitrogens with zero attached hydrogens (tertiary/aromatic N) is 1. The van der Waals surface area contributed by atoms with Crippen molar-refractivity contribution < 1.29 is 43.3 Å². The number of hydrogen-bond acceptors (Lipinski definition) is 10. The van der Waals surface area contributed by atoms with Gasteiger partial charge in [-0.1, -0.05) is 180 Å². The van der Waals surface area contributed by atoms with Gasteiger partial charge in [0, 0.05) is 51.4 Å². The summed E-state index contributed by atoms with van der Waals surface area (Å²) in [5, 5.41) is 19.5. The molecule has 4 rings (SSSR count). The number of amidine groups is 1. The van der Waals surface area contributed by atoms with Crippen LogP contribution in [0.1, 0.15) is 278 Å². The summed E-state index contributed by atoms with van der Waals surface area (Å²) in [6.07, 6.45) is 8.29. The molecule has 1 aliphatic heterocycles. The Morgan fingerprint density at radius 1 is 0.609 bits per heavy atom. The number of aliphatic carboxylic acids is 1. The third-order valence-electron chi connectivity index (χ3n) is 21.2. The zero-order valence-corrected chi connectivity index (χ0v) is 60.0. The molecule has 494 valence electrons. The van der Waals surface area contributed by atoms with Gasteiger partial charge in [0.1, 0.15) is 41.0 Å². The first-order chi connectivity index (χ1) is 40.0. The number of carbonyl (C=O) groups excluding carboxylic acids is 5. The van der Waals surface area contributed by atoms with E-state index in [1.165, 1.54) is 11.8 Å². The highest BCUT2D eigenvalue weighted by molar-refractivity contribution is 7.99. The van der Waals surface area contributed by atoms with Gasteiger partial charge >= 0.3 is 17.9 Å². The average Bonchev–Trinajstić information content (AvgIpc) is 1.88. The van der Waals surface area contributed by atoms with Gasteiger partial charge in [-0.2, -0.15) is 11.8 Å². The molecular formula is C72H121N5O9S. The zero-order valence-electron chi connectivity index (χ0n) is 59.2. The lowest BCUT2D eigenvalue weighted by Gasteiger charge is -2.50. The molecule has 87 heavy (non-hydrogen) atoms. The van der Waals surface area contributed by atoms with Crippen LogP contribution in [0.25, 0.3) is 6.08 Å². The van der Waals surface area contributed by atoms with Crippen LogP contribution in [0.15, 0.2) is 21.8 Å². The van der Waals surface area contributed by atoms with E-state index in [2.05, 4.69) is 111 Å². The van der Waals surface area contributed by atoms with Crippen LogP contribution in [0.4, 0.5) is 5.82 Å². The fourth-order valence-corrected chi connectivity index (χ4v) is 15.5. The first kappa shape index (κ1) is 75.1. The molecule has 5 N–H and O–H groups in total. The maximum absolute atomic E-state index is 15.9. The van der Waals surface area contributed by atoms with Crippen molar-refractivity contribution in [3.8, 4) is 0 Å². The van der Waals surface area contributed by atoms with E-state index < -0.39 is 52.4 Å². The summed E-state index contributed by atoms with van der Waals surface area (Å²) >= 11 is 1.54. The van der Waals surface area contributed by atoms with E-state index in [-0.39, 0.29) is 109 Å². The molecule has 0 saturated heterocycles. The number of thioether (sulfide) groups is 1. The van der Waals surface area contributed by atoms with E-state index in [0.29, 0.717) is 79.1 Å². The van der Waals surface area contributed by atoms with Gasteiger partial charge < -0.3 is 35.5 Å². The highest BCUT2D eigenvalue weighted by atomic mass is 32.2. The number of allylic oxidation sites excluding steroid dienone is 1. The maximum atomic E-state index is 15.9.